The Labute approximate surface area is 193 Å². The quantitative estimate of drug-likeness (QED) is 0.427. The van der Waals surface area contributed by atoms with Crippen molar-refractivity contribution in [2.45, 2.75) is 33.4 Å². The van der Waals surface area contributed by atoms with Gasteiger partial charge in [-0.05, 0) is 40.6 Å². The number of nitrogens with zero attached hydrogens (tertiary/aromatic N) is 2. The van der Waals surface area contributed by atoms with Crippen LogP contribution in [0.25, 0.3) is 0 Å². The molecule has 2 amide bonds. The monoisotopic (exact) mass is 452 g/mol. The lowest BCUT2D eigenvalue weighted by Gasteiger charge is -2.29. The maximum absolute atomic E-state index is 13.4. The highest BCUT2D eigenvalue weighted by atomic mass is 32.1. The predicted octanol–water partition coefficient (Wildman–Crippen LogP) is 5.14. The molecule has 3 rings (SSSR count). The fraction of sp³-hybridized carbons (Fsp3) is 0.308. The van der Waals surface area contributed by atoms with E-state index in [-0.39, 0.29) is 36.5 Å². The molecule has 168 valence electrons. The van der Waals surface area contributed by atoms with Gasteiger partial charge in [-0.1, -0.05) is 62.4 Å². The molecule has 6 heteroatoms. The van der Waals surface area contributed by atoms with E-state index in [1.807, 2.05) is 61.7 Å². The SMILES string of the molecule is CC(C)CN(CC(=O)N(Cc1ccccc1)Cc1cccs1)C(=O)Cc1ccc(F)cc1. The van der Waals surface area contributed by atoms with E-state index in [1.165, 1.54) is 12.1 Å². The van der Waals surface area contributed by atoms with Gasteiger partial charge in [0.25, 0.3) is 0 Å². The fourth-order valence-electron chi connectivity index (χ4n) is 3.47. The molecule has 1 heterocycles. The van der Waals surface area contributed by atoms with Crippen LogP contribution in [-0.4, -0.2) is 34.7 Å². The summed E-state index contributed by atoms with van der Waals surface area (Å²) in [5.74, 6) is -0.329. The zero-order valence-corrected chi connectivity index (χ0v) is 19.4. The zero-order chi connectivity index (χ0) is 22.9. The van der Waals surface area contributed by atoms with Crippen molar-refractivity contribution in [3.63, 3.8) is 0 Å². The highest BCUT2D eigenvalue weighted by Gasteiger charge is 2.23. The lowest BCUT2D eigenvalue weighted by Crippen LogP contribution is -2.44. The van der Waals surface area contributed by atoms with Crippen molar-refractivity contribution in [1.29, 1.82) is 0 Å². The van der Waals surface area contributed by atoms with Gasteiger partial charge in [0.2, 0.25) is 11.8 Å². The molecule has 0 N–H and O–H groups in total. The molecule has 0 spiro atoms. The van der Waals surface area contributed by atoms with E-state index in [0.29, 0.717) is 19.6 Å². The molecule has 0 atom stereocenters. The number of carbonyl (C=O) groups is 2. The first-order chi connectivity index (χ1) is 15.4. The summed E-state index contributed by atoms with van der Waals surface area (Å²) in [7, 11) is 0. The molecular formula is C26H29FN2O2S. The van der Waals surface area contributed by atoms with Gasteiger partial charge in [-0.25, -0.2) is 4.39 Å². The van der Waals surface area contributed by atoms with Crippen LogP contribution in [-0.2, 0) is 29.1 Å². The third-order valence-corrected chi connectivity index (χ3v) is 5.89. The number of benzene rings is 2. The van der Waals surface area contributed by atoms with Crippen molar-refractivity contribution in [3.05, 3.63) is 93.9 Å². The smallest absolute Gasteiger partial charge is 0.242 e. The number of thiophene rings is 1. The van der Waals surface area contributed by atoms with Gasteiger partial charge in [0.05, 0.1) is 19.5 Å². The topological polar surface area (TPSA) is 40.6 Å². The predicted molar refractivity (Wildman–Crippen MR) is 127 cm³/mol. The van der Waals surface area contributed by atoms with Gasteiger partial charge >= 0.3 is 0 Å². The number of carbonyl (C=O) groups excluding carboxylic acids is 2. The Morgan fingerprint density at radius 3 is 2.19 bits per heavy atom. The van der Waals surface area contributed by atoms with Crippen LogP contribution in [0, 0.1) is 11.7 Å². The van der Waals surface area contributed by atoms with Gasteiger partial charge in [-0.2, -0.15) is 0 Å². The molecule has 0 saturated carbocycles. The van der Waals surface area contributed by atoms with Crippen LogP contribution >= 0.6 is 11.3 Å². The highest BCUT2D eigenvalue weighted by Crippen LogP contribution is 2.16. The van der Waals surface area contributed by atoms with Crippen LogP contribution in [0.4, 0.5) is 4.39 Å². The number of rotatable bonds is 10. The Hall–Kier alpha value is -2.99. The Kier molecular flexibility index (Phi) is 8.56. The van der Waals surface area contributed by atoms with E-state index in [9.17, 15) is 14.0 Å². The summed E-state index contributed by atoms with van der Waals surface area (Å²) in [6.07, 6.45) is 0.143. The molecule has 1 aromatic heterocycles. The van der Waals surface area contributed by atoms with Crippen LogP contribution in [0.1, 0.15) is 29.9 Å². The first-order valence-electron chi connectivity index (χ1n) is 10.8. The summed E-state index contributed by atoms with van der Waals surface area (Å²) in [6, 6.07) is 19.8. The van der Waals surface area contributed by atoms with Gasteiger partial charge in [-0.15, -0.1) is 11.3 Å². The maximum atomic E-state index is 13.4. The minimum absolute atomic E-state index is 0.0242. The lowest BCUT2D eigenvalue weighted by atomic mass is 10.1. The van der Waals surface area contributed by atoms with Gasteiger partial charge < -0.3 is 9.80 Å². The molecule has 0 aliphatic heterocycles. The van der Waals surface area contributed by atoms with E-state index < -0.39 is 0 Å². The molecule has 0 radical (unpaired) electrons. The first kappa shape index (κ1) is 23.7. The molecule has 0 unspecified atom stereocenters. The number of amides is 2. The van der Waals surface area contributed by atoms with E-state index in [4.69, 9.17) is 0 Å². The molecule has 0 bridgehead atoms. The second-order valence-corrected chi connectivity index (χ2v) is 9.32. The largest absolute Gasteiger partial charge is 0.333 e. The molecule has 0 fully saturated rings. The second-order valence-electron chi connectivity index (χ2n) is 8.29. The molecule has 0 saturated heterocycles. The average molecular weight is 453 g/mol. The molecule has 3 aromatic rings. The van der Waals surface area contributed by atoms with E-state index in [2.05, 4.69) is 0 Å². The van der Waals surface area contributed by atoms with Crippen molar-refractivity contribution in [1.82, 2.24) is 9.80 Å². The second kappa shape index (κ2) is 11.6. The minimum Gasteiger partial charge on any atom is -0.333 e. The maximum Gasteiger partial charge on any atom is 0.242 e. The van der Waals surface area contributed by atoms with Crippen molar-refractivity contribution >= 4 is 23.2 Å². The zero-order valence-electron chi connectivity index (χ0n) is 18.5. The molecule has 2 aromatic carbocycles. The average Bonchev–Trinajstić information content (AvgIpc) is 3.28. The van der Waals surface area contributed by atoms with Crippen LogP contribution in [0.3, 0.4) is 0 Å². The summed E-state index contributed by atoms with van der Waals surface area (Å²) in [5, 5.41) is 2.00. The summed E-state index contributed by atoms with van der Waals surface area (Å²) in [6.45, 7) is 5.55. The van der Waals surface area contributed by atoms with Gasteiger partial charge in [0, 0.05) is 18.0 Å². The van der Waals surface area contributed by atoms with Gasteiger partial charge in [0.15, 0.2) is 0 Å². The minimum atomic E-state index is -0.333. The van der Waals surface area contributed by atoms with Gasteiger partial charge in [0.1, 0.15) is 5.82 Å². The Balaban J connectivity index is 1.74. The number of halogens is 1. The van der Waals surface area contributed by atoms with Crippen molar-refractivity contribution in [3.8, 4) is 0 Å². The Bertz CT molecular complexity index is 988. The third-order valence-electron chi connectivity index (χ3n) is 5.03. The summed E-state index contributed by atoms with van der Waals surface area (Å²) < 4.78 is 13.2. The molecule has 0 aliphatic rings. The standard InChI is InChI=1S/C26H29FN2O2S/c1-20(2)16-28(25(30)15-21-10-12-23(27)13-11-21)19-26(31)29(18-24-9-6-14-32-24)17-22-7-4-3-5-8-22/h3-14,20H,15-19H2,1-2H3. The summed E-state index contributed by atoms with van der Waals surface area (Å²) in [5.41, 5.74) is 1.78. The van der Waals surface area contributed by atoms with E-state index in [0.717, 1.165) is 16.0 Å². The van der Waals surface area contributed by atoms with Crippen molar-refractivity contribution < 1.29 is 14.0 Å². The first-order valence-corrected chi connectivity index (χ1v) is 11.6. The Morgan fingerprint density at radius 2 is 1.56 bits per heavy atom. The molecular weight excluding hydrogens is 423 g/mol. The van der Waals surface area contributed by atoms with E-state index >= 15 is 0 Å². The van der Waals surface area contributed by atoms with Crippen molar-refractivity contribution in [2.75, 3.05) is 13.1 Å². The molecule has 4 nitrogen and oxygen atoms in total. The van der Waals surface area contributed by atoms with Crippen molar-refractivity contribution in [2.24, 2.45) is 5.92 Å². The van der Waals surface area contributed by atoms with Crippen LogP contribution in [0.15, 0.2) is 72.1 Å². The van der Waals surface area contributed by atoms with Gasteiger partial charge in [-0.3, -0.25) is 9.59 Å². The molecule has 0 aliphatic carbocycles. The number of hydrogen-bond donors (Lipinski definition) is 0. The Morgan fingerprint density at radius 1 is 0.844 bits per heavy atom. The third kappa shape index (κ3) is 7.31. The summed E-state index contributed by atoms with van der Waals surface area (Å²) >= 11 is 1.61. The summed E-state index contributed by atoms with van der Waals surface area (Å²) in [4.78, 5) is 30.9. The van der Waals surface area contributed by atoms with Crippen LogP contribution < -0.4 is 0 Å². The van der Waals surface area contributed by atoms with Crippen LogP contribution in [0.2, 0.25) is 0 Å². The normalized spacial score (nSPS) is 10.9. The highest BCUT2D eigenvalue weighted by molar-refractivity contribution is 7.09. The fourth-order valence-corrected chi connectivity index (χ4v) is 4.19. The van der Waals surface area contributed by atoms with Crippen LogP contribution in [0.5, 0.6) is 0 Å². The van der Waals surface area contributed by atoms with E-state index in [1.54, 1.807) is 33.3 Å². The number of hydrogen-bond acceptors (Lipinski definition) is 3. The lowest BCUT2D eigenvalue weighted by molar-refractivity contribution is -0.141. The molecule has 32 heavy (non-hydrogen) atoms.